The molecule has 74 valence electrons. The molecule has 0 saturated heterocycles. The van der Waals surface area contributed by atoms with Gasteiger partial charge in [0.1, 0.15) is 0 Å². The summed E-state index contributed by atoms with van der Waals surface area (Å²) in [5.74, 6) is 0. The first-order valence-electron chi connectivity index (χ1n) is 3.61. The van der Waals surface area contributed by atoms with Crippen molar-refractivity contribution in [3.05, 3.63) is 29.3 Å². The Labute approximate surface area is 90.5 Å². The van der Waals surface area contributed by atoms with Gasteiger partial charge in [-0.2, -0.15) is 5.26 Å². The van der Waals surface area contributed by atoms with Crippen molar-refractivity contribution < 1.29 is 8.42 Å². The Morgan fingerprint density at radius 3 is 2.57 bits per heavy atom. The number of hydrogen-bond acceptors (Lipinski definition) is 3. The molecule has 0 aliphatic carbocycles. The summed E-state index contributed by atoms with van der Waals surface area (Å²) < 4.78 is 22.3. The fourth-order valence-electron chi connectivity index (χ4n) is 0.999. The van der Waals surface area contributed by atoms with Gasteiger partial charge in [-0.15, -0.1) is 0 Å². The van der Waals surface area contributed by atoms with Gasteiger partial charge in [-0.05, 0) is 17.7 Å². The number of hydrogen-bond donors (Lipinski definition) is 1. The number of sulfonamides is 1. The Kier molecular flexibility index (Phi) is 3.26. The monoisotopic (exact) mass is 274 g/mol. The Morgan fingerprint density at radius 2 is 2.14 bits per heavy atom. The van der Waals surface area contributed by atoms with Crippen LogP contribution in [0.3, 0.4) is 0 Å². The second-order valence-corrected chi connectivity index (χ2v) is 4.70. The van der Waals surface area contributed by atoms with Crippen molar-refractivity contribution in [3.8, 4) is 6.07 Å². The number of nitrogens with zero attached hydrogens (tertiary/aromatic N) is 1. The number of nitriles is 1. The van der Waals surface area contributed by atoms with Gasteiger partial charge in [0.2, 0.25) is 10.0 Å². The van der Waals surface area contributed by atoms with Crippen molar-refractivity contribution >= 4 is 26.0 Å². The molecule has 0 fully saturated rings. The second-order valence-electron chi connectivity index (χ2n) is 2.61. The fourth-order valence-corrected chi connectivity index (χ4v) is 2.47. The maximum Gasteiger partial charge on any atom is 0.238 e. The van der Waals surface area contributed by atoms with E-state index in [0.29, 0.717) is 10.9 Å². The van der Waals surface area contributed by atoms with Crippen molar-refractivity contribution in [2.45, 2.75) is 10.2 Å². The molecule has 0 unspecified atom stereocenters. The first kappa shape index (κ1) is 11.2. The zero-order valence-corrected chi connectivity index (χ0v) is 9.47. The summed E-state index contributed by atoms with van der Waals surface area (Å²) in [5.41, 5.74) is 0.824. The smallest absolute Gasteiger partial charge is 0.225 e. The van der Waals surface area contributed by atoms with Gasteiger partial charge in [0.25, 0.3) is 0 Å². The minimum absolute atomic E-state index is 0.00609. The van der Waals surface area contributed by atoms with Crippen molar-refractivity contribution in [2.24, 2.45) is 5.14 Å². The molecule has 0 aromatic heterocycles. The van der Waals surface area contributed by atoms with Crippen LogP contribution in [0.2, 0.25) is 0 Å². The molecule has 6 heteroatoms. The lowest BCUT2D eigenvalue weighted by Gasteiger charge is -2.04. The van der Waals surface area contributed by atoms with E-state index in [0.717, 1.165) is 0 Å². The van der Waals surface area contributed by atoms with E-state index in [2.05, 4.69) is 15.9 Å². The van der Waals surface area contributed by atoms with Gasteiger partial charge < -0.3 is 0 Å². The highest BCUT2D eigenvalue weighted by molar-refractivity contribution is 9.08. The van der Waals surface area contributed by atoms with E-state index in [9.17, 15) is 8.42 Å². The van der Waals surface area contributed by atoms with Crippen LogP contribution in [0.25, 0.3) is 0 Å². The molecule has 14 heavy (non-hydrogen) atoms. The molecular formula is C8H7BrN2O2S. The van der Waals surface area contributed by atoms with Crippen LogP contribution in [0.15, 0.2) is 23.1 Å². The average Bonchev–Trinajstić information content (AvgIpc) is 2.15. The molecule has 2 N–H and O–H groups in total. The van der Waals surface area contributed by atoms with Crippen molar-refractivity contribution in [2.75, 3.05) is 0 Å². The number of benzene rings is 1. The summed E-state index contributed by atoms with van der Waals surface area (Å²) in [6.45, 7) is 0. The lowest BCUT2D eigenvalue weighted by Crippen LogP contribution is -2.14. The molecule has 0 aliphatic heterocycles. The van der Waals surface area contributed by atoms with Crippen LogP contribution in [0, 0.1) is 11.3 Å². The van der Waals surface area contributed by atoms with Gasteiger partial charge in [0.05, 0.1) is 16.5 Å². The Hall–Kier alpha value is -0.900. The van der Waals surface area contributed by atoms with Crippen LogP contribution in [-0.4, -0.2) is 8.42 Å². The van der Waals surface area contributed by atoms with Gasteiger partial charge in [-0.1, -0.05) is 22.0 Å². The van der Waals surface area contributed by atoms with Gasteiger partial charge in [-0.25, -0.2) is 13.6 Å². The maximum atomic E-state index is 11.1. The van der Waals surface area contributed by atoms with Crippen LogP contribution >= 0.6 is 15.9 Å². The highest BCUT2D eigenvalue weighted by Crippen LogP contribution is 2.18. The third kappa shape index (κ3) is 2.32. The van der Waals surface area contributed by atoms with E-state index in [-0.39, 0.29) is 10.5 Å². The Morgan fingerprint density at radius 1 is 1.50 bits per heavy atom. The summed E-state index contributed by atoms with van der Waals surface area (Å²) in [4.78, 5) is -0.00609. The van der Waals surface area contributed by atoms with E-state index < -0.39 is 10.0 Å². The standard InChI is InChI=1S/C8H7BrN2O2S/c9-4-7-2-1-6(5-10)3-8(7)14(11,12)13/h1-3H,4H2,(H2,11,12,13). The highest BCUT2D eigenvalue weighted by atomic mass is 79.9. The van der Waals surface area contributed by atoms with Crippen LogP contribution < -0.4 is 5.14 Å². The molecule has 0 amide bonds. The summed E-state index contributed by atoms with van der Waals surface area (Å²) in [6, 6.07) is 6.23. The topological polar surface area (TPSA) is 83.9 Å². The summed E-state index contributed by atoms with van der Waals surface area (Å²) >= 11 is 3.14. The third-order valence-corrected chi connectivity index (χ3v) is 3.24. The van der Waals surface area contributed by atoms with Crippen molar-refractivity contribution in [1.29, 1.82) is 5.26 Å². The normalized spacial score (nSPS) is 10.9. The minimum atomic E-state index is -3.76. The number of halogens is 1. The molecule has 1 aromatic rings. The second kappa shape index (κ2) is 4.09. The summed E-state index contributed by atoms with van der Waals surface area (Å²) in [6.07, 6.45) is 0. The van der Waals surface area contributed by atoms with Gasteiger partial charge in [0.15, 0.2) is 0 Å². The molecule has 4 nitrogen and oxygen atoms in total. The third-order valence-electron chi connectivity index (χ3n) is 1.65. The van der Waals surface area contributed by atoms with Crippen molar-refractivity contribution in [3.63, 3.8) is 0 Å². The predicted octanol–water partition coefficient (Wildman–Crippen LogP) is 1.10. The first-order chi connectivity index (χ1) is 6.49. The van der Waals surface area contributed by atoms with Gasteiger partial charge >= 0.3 is 0 Å². The molecular weight excluding hydrogens is 268 g/mol. The quantitative estimate of drug-likeness (QED) is 0.820. The lowest BCUT2D eigenvalue weighted by molar-refractivity contribution is 0.597. The van der Waals surface area contributed by atoms with Crippen molar-refractivity contribution in [1.82, 2.24) is 0 Å². The number of rotatable bonds is 2. The van der Waals surface area contributed by atoms with E-state index in [1.165, 1.54) is 6.07 Å². The highest BCUT2D eigenvalue weighted by Gasteiger charge is 2.13. The minimum Gasteiger partial charge on any atom is -0.225 e. The van der Waals surface area contributed by atoms with Crippen LogP contribution in [-0.2, 0) is 15.4 Å². The zero-order valence-electron chi connectivity index (χ0n) is 7.07. The molecule has 0 aliphatic rings. The maximum absolute atomic E-state index is 11.1. The molecule has 0 heterocycles. The van der Waals surface area contributed by atoms with Gasteiger partial charge in [-0.3, -0.25) is 0 Å². The summed E-state index contributed by atoms with van der Waals surface area (Å²) in [7, 11) is -3.76. The molecule has 0 spiro atoms. The van der Waals surface area contributed by atoms with E-state index in [4.69, 9.17) is 10.4 Å². The predicted molar refractivity (Wildman–Crippen MR) is 55.2 cm³/mol. The number of primary sulfonamides is 1. The largest absolute Gasteiger partial charge is 0.238 e. The fraction of sp³-hybridized carbons (Fsp3) is 0.125. The Balaban J connectivity index is 3.47. The average molecular weight is 275 g/mol. The van der Waals surface area contributed by atoms with E-state index in [1.807, 2.05) is 6.07 Å². The first-order valence-corrected chi connectivity index (χ1v) is 6.27. The zero-order chi connectivity index (χ0) is 10.8. The SMILES string of the molecule is N#Cc1ccc(CBr)c(S(N)(=O)=O)c1. The molecule has 0 saturated carbocycles. The number of nitrogens with two attached hydrogens (primary N) is 1. The van der Waals surface area contributed by atoms with E-state index >= 15 is 0 Å². The van der Waals surface area contributed by atoms with E-state index in [1.54, 1.807) is 12.1 Å². The summed E-state index contributed by atoms with van der Waals surface area (Å²) in [5, 5.41) is 14.0. The Bertz CT molecular complexity index is 491. The molecule has 0 bridgehead atoms. The molecule has 0 radical (unpaired) electrons. The van der Waals surface area contributed by atoms with Crippen LogP contribution in [0.5, 0.6) is 0 Å². The van der Waals surface area contributed by atoms with Crippen LogP contribution in [0.4, 0.5) is 0 Å². The number of alkyl halides is 1. The molecule has 1 rings (SSSR count). The molecule has 1 aromatic carbocycles. The molecule has 0 atom stereocenters. The lowest BCUT2D eigenvalue weighted by atomic mass is 10.2. The van der Waals surface area contributed by atoms with Crippen LogP contribution in [0.1, 0.15) is 11.1 Å². The van der Waals surface area contributed by atoms with Gasteiger partial charge in [0, 0.05) is 5.33 Å².